The fourth-order valence-electron chi connectivity index (χ4n) is 9.98. The molecule has 0 amide bonds. The zero-order chi connectivity index (χ0) is 39.1. The van der Waals surface area contributed by atoms with E-state index in [-0.39, 0.29) is 0 Å². The SMILES string of the molecule is N#Cc1cccc2c1-c1c(-c3cccc(-c4nc(-c5cccc6ccccc56)nc(-c5cccc6ccccc56)n4)c3)cccc1C21c2ccccc2-c2ccccc21. The molecule has 10 aromatic rings. The highest BCUT2D eigenvalue weighted by Gasteiger charge is 2.52. The number of benzene rings is 9. The lowest BCUT2D eigenvalue weighted by atomic mass is 9.70. The van der Waals surface area contributed by atoms with E-state index in [1.165, 1.54) is 27.8 Å². The lowest BCUT2D eigenvalue weighted by molar-refractivity contribution is 0.793. The molecule has 0 atom stereocenters. The third kappa shape index (κ3) is 4.73. The molecule has 0 saturated heterocycles. The first kappa shape index (κ1) is 33.2. The predicted octanol–water partition coefficient (Wildman–Crippen LogP) is 13.1. The molecule has 0 bridgehead atoms. The van der Waals surface area contributed by atoms with Crippen LogP contribution in [0.5, 0.6) is 0 Å². The molecule has 0 saturated carbocycles. The van der Waals surface area contributed by atoms with Gasteiger partial charge < -0.3 is 0 Å². The Morgan fingerprint density at radius 3 is 1.44 bits per heavy atom. The van der Waals surface area contributed by atoms with Gasteiger partial charge in [-0.05, 0) is 83.7 Å². The highest BCUT2D eigenvalue weighted by Crippen LogP contribution is 2.64. The minimum atomic E-state index is -0.562. The summed E-state index contributed by atoms with van der Waals surface area (Å²) in [7, 11) is 0. The number of aromatic nitrogens is 3. The van der Waals surface area contributed by atoms with Gasteiger partial charge in [-0.1, -0.05) is 182 Å². The van der Waals surface area contributed by atoms with Gasteiger partial charge in [-0.15, -0.1) is 0 Å². The maximum atomic E-state index is 10.7. The summed E-state index contributed by atoms with van der Waals surface area (Å²) in [6.45, 7) is 0. The van der Waals surface area contributed by atoms with Crippen LogP contribution >= 0.6 is 0 Å². The van der Waals surface area contributed by atoms with Gasteiger partial charge >= 0.3 is 0 Å². The van der Waals surface area contributed by atoms with Crippen molar-refractivity contribution in [3.05, 3.63) is 222 Å². The van der Waals surface area contributed by atoms with E-state index in [1.807, 2.05) is 12.1 Å². The first-order valence-electron chi connectivity index (χ1n) is 19.9. The number of nitriles is 1. The number of fused-ring (bicyclic) bond motifs is 12. The Labute approximate surface area is 341 Å². The van der Waals surface area contributed by atoms with E-state index in [0.717, 1.165) is 66.1 Å². The van der Waals surface area contributed by atoms with Gasteiger partial charge in [-0.3, -0.25) is 0 Å². The zero-order valence-corrected chi connectivity index (χ0v) is 31.8. The lowest BCUT2D eigenvalue weighted by Crippen LogP contribution is -2.25. The molecule has 4 nitrogen and oxygen atoms in total. The van der Waals surface area contributed by atoms with Crippen LogP contribution in [0.1, 0.15) is 27.8 Å². The molecule has 1 aromatic heterocycles. The van der Waals surface area contributed by atoms with Crippen molar-refractivity contribution in [3.8, 4) is 73.6 Å². The Morgan fingerprint density at radius 1 is 0.356 bits per heavy atom. The van der Waals surface area contributed by atoms with Crippen LogP contribution in [0.4, 0.5) is 0 Å². The molecule has 4 heteroatoms. The molecule has 272 valence electrons. The van der Waals surface area contributed by atoms with Gasteiger partial charge in [-0.25, -0.2) is 15.0 Å². The molecule has 0 fully saturated rings. The smallest absolute Gasteiger partial charge is 0.164 e. The molecule has 2 aliphatic carbocycles. The maximum absolute atomic E-state index is 10.7. The summed E-state index contributed by atoms with van der Waals surface area (Å²) < 4.78 is 0. The first-order valence-corrected chi connectivity index (χ1v) is 19.9. The molecule has 0 unspecified atom stereocenters. The largest absolute Gasteiger partial charge is 0.208 e. The van der Waals surface area contributed by atoms with Crippen molar-refractivity contribution in [3.63, 3.8) is 0 Å². The van der Waals surface area contributed by atoms with Gasteiger partial charge in [0.2, 0.25) is 0 Å². The molecule has 1 heterocycles. The van der Waals surface area contributed by atoms with Gasteiger partial charge in [0.1, 0.15) is 0 Å². The third-order valence-corrected chi connectivity index (χ3v) is 12.4. The summed E-state index contributed by atoms with van der Waals surface area (Å²) in [6, 6.07) is 70.8. The Morgan fingerprint density at radius 2 is 0.797 bits per heavy atom. The second kappa shape index (κ2) is 12.8. The average Bonchev–Trinajstić information content (AvgIpc) is 3.79. The third-order valence-electron chi connectivity index (χ3n) is 12.4. The fraction of sp³-hybridized carbons (Fsp3) is 0.0182. The highest BCUT2D eigenvalue weighted by molar-refractivity contribution is 6.02. The van der Waals surface area contributed by atoms with E-state index in [4.69, 9.17) is 15.0 Å². The summed E-state index contributed by atoms with van der Waals surface area (Å²) in [5.41, 5.74) is 14.3. The maximum Gasteiger partial charge on any atom is 0.164 e. The Hall–Kier alpha value is -8.00. The minimum absolute atomic E-state index is 0.562. The van der Waals surface area contributed by atoms with Crippen molar-refractivity contribution in [2.24, 2.45) is 0 Å². The van der Waals surface area contributed by atoms with Crippen LogP contribution in [0.2, 0.25) is 0 Å². The van der Waals surface area contributed by atoms with Crippen molar-refractivity contribution in [2.75, 3.05) is 0 Å². The molecular weight excluding hydrogens is 717 g/mol. The van der Waals surface area contributed by atoms with E-state index in [1.54, 1.807) is 0 Å². The van der Waals surface area contributed by atoms with Gasteiger partial charge in [-0.2, -0.15) is 5.26 Å². The minimum Gasteiger partial charge on any atom is -0.208 e. The summed E-state index contributed by atoms with van der Waals surface area (Å²) >= 11 is 0. The number of rotatable bonds is 4. The summed E-state index contributed by atoms with van der Waals surface area (Å²) in [5.74, 6) is 1.83. The monoisotopic (exact) mass is 748 g/mol. The molecule has 0 N–H and O–H groups in total. The molecule has 9 aromatic carbocycles. The van der Waals surface area contributed by atoms with E-state index in [9.17, 15) is 5.26 Å². The van der Waals surface area contributed by atoms with Crippen LogP contribution in [0, 0.1) is 11.3 Å². The van der Waals surface area contributed by atoms with Crippen LogP contribution in [0.3, 0.4) is 0 Å². The van der Waals surface area contributed by atoms with Gasteiger partial charge in [0.25, 0.3) is 0 Å². The predicted molar refractivity (Wildman–Crippen MR) is 238 cm³/mol. The molecule has 1 spiro atoms. The van der Waals surface area contributed by atoms with Crippen molar-refractivity contribution in [1.82, 2.24) is 15.0 Å². The quantitative estimate of drug-likeness (QED) is 0.180. The standard InChI is InChI=1S/C55H32N4/c56-33-38-20-12-30-48-50(38)51-41(25-13-31-49(51)55(48)46-28-7-5-23-42(46)43-24-6-8-29-47(43)55)36-18-9-19-37(32-36)52-57-53(44-26-10-16-34-14-1-3-21-39(34)44)59-54(58-52)45-27-11-17-35-15-2-4-22-40(35)45/h1-32H. The molecule has 2 aliphatic rings. The Bertz CT molecular complexity index is 3270. The molecule has 59 heavy (non-hydrogen) atoms. The summed E-state index contributed by atoms with van der Waals surface area (Å²) in [6.07, 6.45) is 0. The van der Waals surface area contributed by atoms with Crippen molar-refractivity contribution in [2.45, 2.75) is 5.41 Å². The van der Waals surface area contributed by atoms with E-state index in [0.29, 0.717) is 23.0 Å². The van der Waals surface area contributed by atoms with E-state index < -0.39 is 5.41 Å². The van der Waals surface area contributed by atoms with Crippen LogP contribution in [-0.4, -0.2) is 15.0 Å². The topological polar surface area (TPSA) is 62.5 Å². The van der Waals surface area contributed by atoms with Crippen LogP contribution in [0.25, 0.3) is 89.1 Å². The number of hydrogen-bond donors (Lipinski definition) is 0. The molecule has 12 rings (SSSR count). The van der Waals surface area contributed by atoms with Gasteiger partial charge in [0, 0.05) is 22.3 Å². The van der Waals surface area contributed by atoms with Gasteiger partial charge in [0.05, 0.1) is 17.0 Å². The molecule has 0 aliphatic heterocycles. The second-order valence-electron chi connectivity index (χ2n) is 15.3. The Balaban J connectivity index is 1.10. The second-order valence-corrected chi connectivity index (χ2v) is 15.3. The lowest BCUT2D eigenvalue weighted by Gasteiger charge is -2.30. The van der Waals surface area contributed by atoms with E-state index >= 15 is 0 Å². The normalized spacial score (nSPS) is 12.9. The Kier molecular flexibility index (Phi) is 7.17. The summed E-state index contributed by atoms with van der Waals surface area (Å²) in [5, 5.41) is 15.1. The van der Waals surface area contributed by atoms with Crippen molar-refractivity contribution in [1.29, 1.82) is 5.26 Å². The first-order chi connectivity index (χ1) is 29.2. The molecular formula is C55H32N4. The van der Waals surface area contributed by atoms with Crippen molar-refractivity contribution < 1.29 is 0 Å². The zero-order valence-electron chi connectivity index (χ0n) is 31.8. The van der Waals surface area contributed by atoms with Crippen LogP contribution < -0.4 is 0 Å². The number of nitrogens with zero attached hydrogens (tertiary/aromatic N) is 4. The van der Waals surface area contributed by atoms with Gasteiger partial charge in [0.15, 0.2) is 17.5 Å². The van der Waals surface area contributed by atoms with Crippen LogP contribution in [-0.2, 0) is 5.41 Å². The van der Waals surface area contributed by atoms with E-state index in [2.05, 4.69) is 188 Å². The van der Waals surface area contributed by atoms with Crippen molar-refractivity contribution >= 4 is 21.5 Å². The summed E-state index contributed by atoms with van der Waals surface area (Å²) in [4.78, 5) is 15.7. The molecule has 0 radical (unpaired) electrons. The average molecular weight is 749 g/mol. The highest BCUT2D eigenvalue weighted by atomic mass is 15.0. The van der Waals surface area contributed by atoms with Crippen LogP contribution in [0.15, 0.2) is 194 Å². The fourth-order valence-corrected chi connectivity index (χ4v) is 9.98. The number of hydrogen-bond acceptors (Lipinski definition) is 4.